The Morgan fingerprint density at radius 1 is 1.11 bits per heavy atom. The van der Waals surface area contributed by atoms with Crippen LogP contribution in [0.4, 0.5) is 11.4 Å². The van der Waals surface area contributed by atoms with Crippen LogP contribution >= 0.6 is 23.4 Å². The van der Waals surface area contributed by atoms with E-state index in [0.29, 0.717) is 16.5 Å². The van der Waals surface area contributed by atoms with Gasteiger partial charge in [0, 0.05) is 22.0 Å². The van der Waals surface area contributed by atoms with E-state index in [2.05, 4.69) is 28.8 Å². The van der Waals surface area contributed by atoms with E-state index >= 15 is 0 Å². The van der Waals surface area contributed by atoms with Crippen molar-refractivity contribution in [3.63, 3.8) is 0 Å². The highest BCUT2D eigenvalue weighted by molar-refractivity contribution is 8.15. The molecule has 6 heteroatoms. The molecule has 1 aliphatic heterocycles. The molecule has 1 fully saturated rings. The number of fused-ring (bicyclic) bond motifs is 1. The molecule has 1 aliphatic carbocycles. The molecule has 146 valence electrons. The van der Waals surface area contributed by atoms with Crippen LogP contribution in [0.15, 0.2) is 53.5 Å². The summed E-state index contributed by atoms with van der Waals surface area (Å²) in [5, 5.41) is 8.18. The lowest BCUT2D eigenvalue weighted by Crippen LogP contribution is -2.40. The molecule has 28 heavy (non-hydrogen) atoms. The van der Waals surface area contributed by atoms with E-state index in [1.807, 2.05) is 18.2 Å². The van der Waals surface area contributed by atoms with Gasteiger partial charge >= 0.3 is 0 Å². The van der Waals surface area contributed by atoms with Crippen molar-refractivity contribution in [3.05, 3.63) is 59.1 Å². The quantitative estimate of drug-likeness (QED) is 0.655. The topological polar surface area (TPSA) is 53.5 Å². The second-order valence-corrected chi connectivity index (χ2v) is 8.78. The Morgan fingerprint density at radius 3 is 2.68 bits per heavy atom. The Morgan fingerprint density at radius 2 is 1.89 bits per heavy atom. The first-order chi connectivity index (χ1) is 13.6. The van der Waals surface area contributed by atoms with Gasteiger partial charge in [0.25, 0.3) is 0 Å². The number of hydrogen-bond donors (Lipinski definition) is 2. The molecule has 1 spiro atoms. The second-order valence-electron chi connectivity index (χ2n) is 7.38. The predicted octanol–water partition coefficient (Wildman–Crippen LogP) is 5.93. The second kappa shape index (κ2) is 8.58. The van der Waals surface area contributed by atoms with Gasteiger partial charge in [-0.05, 0) is 49.9 Å². The van der Waals surface area contributed by atoms with Crippen LogP contribution in [0.3, 0.4) is 0 Å². The summed E-state index contributed by atoms with van der Waals surface area (Å²) in [6.07, 6.45) is 6.99. The lowest BCUT2D eigenvalue weighted by atomic mass is 9.97. The van der Waals surface area contributed by atoms with E-state index < -0.39 is 0 Å². The summed E-state index contributed by atoms with van der Waals surface area (Å²) < 4.78 is 0. The maximum atomic E-state index is 12.5. The number of hydrogen-bond acceptors (Lipinski definition) is 4. The van der Waals surface area contributed by atoms with E-state index in [4.69, 9.17) is 16.6 Å². The molecule has 0 unspecified atom stereocenters. The highest BCUT2D eigenvalue weighted by atomic mass is 35.5. The average Bonchev–Trinajstić information content (AvgIpc) is 2.91. The Bertz CT molecular complexity index is 891. The fourth-order valence-corrected chi connectivity index (χ4v) is 4.97. The zero-order valence-electron chi connectivity index (χ0n) is 15.7. The van der Waals surface area contributed by atoms with Crippen molar-refractivity contribution in [2.24, 2.45) is 4.99 Å². The van der Waals surface area contributed by atoms with Crippen molar-refractivity contribution in [1.29, 1.82) is 0 Å². The molecule has 2 aromatic carbocycles. The third kappa shape index (κ3) is 4.53. The summed E-state index contributed by atoms with van der Waals surface area (Å²) in [4.78, 5) is 17.6. The SMILES string of the molecule is O=C(CSC1=NC2(CCCCCC2)Nc2ccccc21)Nc1cccc(Cl)c1. The van der Waals surface area contributed by atoms with E-state index in [1.54, 1.807) is 12.1 Å². The van der Waals surface area contributed by atoms with E-state index in [-0.39, 0.29) is 11.6 Å². The van der Waals surface area contributed by atoms with Crippen LogP contribution in [0.25, 0.3) is 0 Å². The summed E-state index contributed by atoms with van der Waals surface area (Å²) in [6, 6.07) is 15.5. The zero-order chi connectivity index (χ0) is 19.4. The van der Waals surface area contributed by atoms with Gasteiger partial charge in [-0.2, -0.15) is 0 Å². The Labute approximate surface area is 175 Å². The third-order valence-corrected chi connectivity index (χ3v) is 6.45. The first-order valence-electron chi connectivity index (χ1n) is 9.79. The van der Waals surface area contributed by atoms with Crippen molar-refractivity contribution in [1.82, 2.24) is 0 Å². The minimum Gasteiger partial charge on any atom is -0.361 e. The predicted molar refractivity (Wildman–Crippen MR) is 120 cm³/mol. The fourth-order valence-electron chi connectivity index (χ4n) is 3.87. The zero-order valence-corrected chi connectivity index (χ0v) is 17.3. The number of thioether (sulfide) groups is 1. The number of aliphatic imine (C=N–C) groups is 1. The molecular formula is C22H24ClN3OS. The van der Waals surface area contributed by atoms with Crippen LogP contribution in [-0.2, 0) is 4.79 Å². The van der Waals surface area contributed by atoms with Gasteiger partial charge in [0.1, 0.15) is 10.7 Å². The number of para-hydroxylation sites is 1. The molecule has 1 amide bonds. The average molecular weight is 414 g/mol. The maximum Gasteiger partial charge on any atom is 0.234 e. The molecule has 1 heterocycles. The summed E-state index contributed by atoms with van der Waals surface area (Å²) >= 11 is 7.51. The number of nitrogens with zero attached hydrogens (tertiary/aromatic N) is 1. The Kier molecular flexibility index (Phi) is 5.93. The highest BCUT2D eigenvalue weighted by Gasteiger charge is 2.35. The number of nitrogens with one attached hydrogen (secondary N) is 2. The number of rotatable bonds is 3. The normalized spacial score (nSPS) is 17.8. The van der Waals surface area contributed by atoms with E-state index in [9.17, 15) is 4.79 Å². The van der Waals surface area contributed by atoms with Crippen LogP contribution in [0.2, 0.25) is 5.02 Å². The summed E-state index contributed by atoms with van der Waals surface area (Å²) in [5.41, 5.74) is 2.69. The monoisotopic (exact) mass is 413 g/mol. The molecule has 1 saturated carbocycles. The van der Waals surface area contributed by atoms with Gasteiger partial charge in [0.2, 0.25) is 5.91 Å². The number of halogens is 1. The van der Waals surface area contributed by atoms with Crippen molar-refractivity contribution >= 4 is 45.7 Å². The standard InChI is InChI=1S/C22H24ClN3OS/c23-16-8-7-9-17(14-16)24-20(27)15-28-21-18-10-3-4-11-19(18)25-22(26-21)12-5-1-2-6-13-22/h3-4,7-11,14,25H,1-2,5-6,12-13,15H2,(H,24,27). The molecule has 4 rings (SSSR count). The van der Waals surface area contributed by atoms with Gasteiger partial charge in [-0.1, -0.05) is 60.5 Å². The van der Waals surface area contributed by atoms with Crippen molar-refractivity contribution in [2.75, 3.05) is 16.4 Å². The van der Waals surface area contributed by atoms with Gasteiger partial charge in [-0.15, -0.1) is 0 Å². The van der Waals surface area contributed by atoms with Gasteiger partial charge in [0.15, 0.2) is 0 Å². The minimum atomic E-state index is -0.226. The van der Waals surface area contributed by atoms with Crippen molar-refractivity contribution in [2.45, 2.75) is 44.2 Å². The van der Waals surface area contributed by atoms with E-state index in [1.165, 1.54) is 37.4 Å². The number of amides is 1. The largest absolute Gasteiger partial charge is 0.361 e. The van der Waals surface area contributed by atoms with Crippen LogP contribution in [0.5, 0.6) is 0 Å². The molecule has 4 nitrogen and oxygen atoms in total. The third-order valence-electron chi connectivity index (χ3n) is 5.22. The number of carbonyl (C=O) groups is 1. The van der Waals surface area contributed by atoms with Crippen LogP contribution in [0.1, 0.15) is 44.1 Å². The smallest absolute Gasteiger partial charge is 0.234 e. The van der Waals surface area contributed by atoms with Crippen LogP contribution in [-0.4, -0.2) is 22.4 Å². The molecular weight excluding hydrogens is 390 g/mol. The summed E-state index contributed by atoms with van der Waals surface area (Å²) in [6.45, 7) is 0. The minimum absolute atomic E-state index is 0.0547. The van der Waals surface area contributed by atoms with Gasteiger partial charge in [-0.3, -0.25) is 4.79 Å². The molecule has 0 radical (unpaired) electrons. The molecule has 0 aromatic heterocycles. The van der Waals surface area contributed by atoms with Gasteiger partial charge in [-0.25, -0.2) is 4.99 Å². The number of carbonyl (C=O) groups excluding carboxylic acids is 1. The first-order valence-corrected chi connectivity index (χ1v) is 11.2. The molecule has 0 bridgehead atoms. The summed E-state index contributed by atoms with van der Waals surface area (Å²) in [7, 11) is 0. The number of benzene rings is 2. The van der Waals surface area contributed by atoms with E-state index in [0.717, 1.165) is 29.1 Å². The van der Waals surface area contributed by atoms with Crippen molar-refractivity contribution in [3.8, 4) is 0 Å². The van der Waals surface area contributed by atoms with Crippen LogP contribution < -0.4 is 10.6 Å². The van der Waals surface area contributed by atoms with Gasteiger partial charge in [0.05, 0.1) is 5.75 Å². The highest BCUT2D eigenvalue weighted by Crippen LogP contribution is 2.39. The van der Waals surface area contributed by atoms with Crippen LogP contribution in [0, 0.1) is 0 Å². The lowest BCUT2D eigenvalue weighted by Gasteiger charge is -2.36. The first kappa shape index (κ1) is 19.3. The summed E-state index contributed by atoms with van der Waals surface area (Å²) in [5.74, 6) is 0.261. The fraction of sp³-hybridized carbons (Fsp3) is 0.364. The Balaban J connectivity index is 1.50. The molecule has 2 aliphatic rings. The molecule has 2 aromatic rings. The molecule has 0 atom stereocenters. The van der Waals surface area contributed by atoms with Gasteiger partial charge < -0.3 is 10.6 Å². The molecule has 0 saturated heterocycles. The maximum absolute atomic E-state index is 12.5. The Hall–Kier alpha value is -1.98. The molecule has 2 N–H and O–H groups in total. The lowest BCUT2D eigenvalue weighted by molar-refractivity contribution is -0.113. The van der Waals surface area contributed by atoms with Crippen molar-refractivity contribution < 1.29 is 4.79 Å². The number of anilines is 2.